The summed E-state index contributed by atoms with van der Waals surface area (Å²) in [5, 5.41) is 22.9. The molecule has 0 aliphatic rings. The van der Waals surface area contributed by atoms with E-state index < -0.39 is 10.8 Å². The Kier molecular flexibility index (Phi) is 5.41. The predicted octanol–water partition coefficient (Wildman–Crippen LogP) is 4.99. The number of nitrogens with one attached hydrogen (secondary N) is 1. The second-order valence-corrected chi connectivity index (χ2v) is 7.43. The molecule has 0 aliphatic heterocycles. The highest BCUT2D eigenvalue weighted by atomic mass is 19.1. The van der Waals surface area contributed by atoms with E-state index in [1.54, 1.807) is 36.4 Å². The van der Waals surface area contributed by atoms with Crippen LogP contribution < -0.4 is 10.1 Å². The second-order valence-electron chi connectivity index (χ2n) is 7.43. The van der Waals surface area contributed by atoms with Gasteiger partial charge in [0, 0.05) is 5.69 Å². The van der Waals surface area contributed by atoms with Crippen molar-refractivity contribution in [3.8, 4) is 22.8 Å². The molecule has 0 aliphatic carbocycles. The molecule has 174 valence electrons. The fourth-order valence-electron chi connectivity index (χ4n) is 3.48. The van der Waals surface area contributed by atoms with Gasteiger partial charge in [-0.3, -0.25) is 14.9 Å². The summed E-state index contributed by atoms with van der Waals surface area (Å²) >= 11 is 0. The number of aromatic nitrogens is 3. The van der Waals surface area contributed by atoms with Crippen LogP contribution >= 0.6 is 0 Å². The molecule has 0 radical (unpaired) electrons. The fraction of sp³-hybridized carbons (Fsp3) is 0.0417. The molecule has 0 saturated heterocycles. The highest BCUT2D eigenvalue weighted by Crippen LogP contribution is 2.34. The molecule has 0 spiro atoms. The number of halogens is 1. The van der Waals surface area contributed by atoms with Crippen molar-refractivity contribution in [2.24, 2.45) is 0 Å². The number of hydrogen-bond donors (Lipinski definition) is 1. The number of amides is 1. The zero-order chi connectivity index (χ0) is 24.5. The lowest BCUT2D eigenvalue weighted by molar-refractivity contribution is -0.384. The van der Waals surface area contributed by atoms with Gasteiger partial charge >= 0.3 is 0 Å². The number of methoxy groups -OCH3 is 1. The van der Waals surface area contributed by atoms with Crippen molar-refractivity contribution in [2.75, 3.05) is 12.4 Å². The zero-order valence-electron chi connectivity index (χ0n) is 18.1. The van der Waals surface area contributed by atoms with Gasteiger partial charge in [0.05, 0.1) is 29.4 Å². The molecule has 0 unspecified atom stereocenters. The number of nitrogens with zero attached hydrogens (tertiary/aromatic N) is 4. The minimum Gasteiger partial charge on any atom is -0.497 e. The summed E-state index contributed by atoms with van der Waals surface area (Å²) in [5.41, 5.74) is 2.14. The average molecular weight is 473 g/mol. The number of rotatable bonds is 6. The van der Waals surface area contributed by atoms with E-state index in [9.17, 15) is 19.3 Å². The van der Waals surface area contributed by atoms with Crippen LogP contribution in [0.3, 0.4) is 0 Å². The quantitative estimate of drug-likeness (QED) is 0.272. The third-order valence-corrected chi connectivity index (χ3v) is 5.19. The largest absolute Gasteiger partial charge is 0.497 e. The number of carbonyl (C=O) groups excluding carboxylic acids is 1. The molecule has 10 nitrogen and oxygen atoms in total. The molecule has 35 heavy (non-hydrogen) atoms. The third-order valence-electron chi connectivity index (χ3n) is 5.19. The Morgan fingerprint density at radius 2 is 1.80 bits per heavy atom. The highest BCUT2D eigenvalue weighted by molar-refractivity contribution is 6.03. The maximum Gasteiger partial charge on any atom is 0.291 e. The van der Waals surface area contributed by atoms with E-state index >= 15 is 0 Å². The number of carbonyl (C=O) groups is 1. The van der Waals surface area contributed by atoms with E-state index in [0.717, 1.165) is 0 Å². The van der Waals surface area contributed by atoms with Gasteiger partial charge < -0.3 is 14.5 Å². The zero-order valence-corrected chi connectivity index (χ0v) is 18.1. The number of nitro benzene ring substituents is 1. The van der Waals surface area contributed by atoms with Gasteiger partial charge in [-0.15, -0.1) is 10.2 Å². The lowest BCUT2D eigenvalue weighted by Gasteiger charge is -2.04. The molecule has 2 heterocycles. The smallest absolute Gasteiger partial charge is 0.291 e. The highest BCUT2D eigenvalue weighted by Gasteiger charge is 2.21. The van der Waals surface area contributed by atoms with Gasteiger partial charge in [0.15, 0.2) is 5.76 Å². The Balaban J connectivity index is 1.37. The van der Waals surface area contributed by atoms with Crippen molar-refractivity contribution >= 4 is 28.3 Å². The van der Waals surface area contributed by atoms with Crippen molar-refractivity contribution < 1.29 is 23.3 Å². The molecule has 0 atom stereocenters. The molecule has 0 fully saturated rings. The lowest BCUT2D eigenvalue weighted by Crippen LogP contribution is -2.10. The van der Waals surface area contributed by atoms with Gasteiger partial charge in [-0.05, 0) is 66.7 Å². The van der Waals surface area contributed by atoms with E-state index in [2.05, 4.69) is 15.5 Å². The predicted molar refractivity (Wildman–Crippen MR) is 124 cm³/mol. The molecule has 1 N–H and O–H groups in total. The molecule has 0 saturated carbocycles. The summed E-state index contributed by atoms with van der Waals surface area (Å²) < 4.78 is 23.8. The number of nitro groups is 1. The van der Waals surface area contributed by atoms with Crippen molar-refractivity contribution in [1.82, 2.24) is 15.0 Å². The van der Waals surface area contributed by atoms with Gasteiger partial charge in [0.1, 0.15) is 28.4 Å². The summed E-state index contributed by atoms with van der Waals surface area (Å²) in [7, 11) is 1.41. The first-order valence-electron chi connectivity index (χ1n) is 10.3. The monoisotopic (exact) mass is 473 g/mol. The molecule has 5 rings (SSSR count). The van der Waals surface area contributed by atoms with Crippen LogP contribution in [0.25, 0.3) is 28.0 Å². The molecule has 11 heteroatoms. The van der Waals surface area contributed by atoms with E-state index in [1.165, 1.54) is 48.3 Å². The van der Waals surface area contributed by atoms with Crippen LogP contribution in [0, 0.1) is 15.9 Å². The van der Waals surface area contributed by atoms with E-state index in [4.69, 9.17) is 9.15 Å². The molecular weight excluding hydrogens is 457 g/mol. The number of fused-ring (bicyclic) bond motifs is 1. The number of ether oxygens (including phenoxy) is 1. The third kappa shape index (κ3) is 4.29. The first-order chi connectivity index (χ1) is 16.9. The minimum absolute atomic E-state index is 0.0276. The first-order valence-corrected chi connectivity index (χ1v) is 10.3. The topological polar surface area (TPSA) is 125 Å². The fourth-order valence-corrected chi connectivity index (χ4v) is 3.48. The van der Waals surface area contributed by atoms with Gasteiger partial charge in [-0.1, -0.05) is 0 Å². The number of furan rings is 1. The van der Waals surface area contributed by atoms with Crippen LogP contribution in [0.2, 0.25) is 0 Å². The number of anilines is 1. The lowest BCUT2D eigenvalue weighted by atomic mass is 10.1. The Bertz CT molecular complexity index is 1580. The Morgan fingerprint density at radius 3 is 2.54 bits per heavy atom. The van der Waals surface area contributed by atoms with Crippen LogP contribution in [0.5, 0.6) is 5.75 Å². The van der Waals surface area contributed by atoms with Crippen molar-refractivity contribution in [3.63, 3.8) is 0 Å². The number of hydrogen-bond acceptors (Lipinski definition) is 7. The van der Waals surface area contributed by atoms with E-state index in [1.807, 2.05) is 0 Å². The maximum atomic E-state index is 13.2. The van der Waals surface area contributed by atoms with Crippen LogP contribution in [0.15, 0.2) is 77.2 Å². The molecule has 3 aromatic carbocycles. The first kappa shape index (κ1) is 21.8. The maximum absolute atomic E-state index is 13.2. The number of benzene rings is 3. The standard InChI is InChI=1S/C24H16FN5O5/c1-34-17-7-8-18(21(13-17)30(32)33)22-10-11-23(35-22)24(31)26-15-4-9-19-20(12-15)28-29(27-19)16-5-2-14(25)3-6-16/h2-13H,1H3,(H,26,31). The van der Waals surface area contributed by atoms with E-state index in [-0.39, 0.29) is 28.6 Å². The summed E-state index contributed by atoms with van der Waals surface area (Å²) in [6.07, 6.45) is 0. The van der Waals surface area contributed by atoms with Gasteiger partial charge in [-0.2, -0.15) is 4.80 Å². The molecule has 1 amide bonds. The SMILES string of the molecule is COc1ccc(-c2ccc(C(=O)Nc3ccc4nn(-c5ccc(F)cc5)nc4c3)o2)c([N+](=O)[O-])c1. The Morgan fingerprint density at radius 1 is 1.03 bits per heavy atom. The Labute approximate surface area is 196 Å². The van der Waals surface area contributed by atoms with Crippen molar-refractivity contribution in [2.45, 2.75) is 0 Å². The van der Waals surface area contributed by atoms with Gasteiger partial charge in [-0.25, -0.2) is 4.39 Å². The van der Waals surface area contributed by atoms with Crippen molar-refractivity contribution in [1.29, 1.82) is 0 Å². The van der Waals surface area contributed by atoms with Crippen LogP contribution in [-0.4, -0.2) is 32.9 Å². The summed E-state index contributed by atoms with van der Waals surface area (Å²) in [6.45, 7) is 0. The Hall–Kier alpha value is -5.06. The molecular formula is C24H16FN5O5. The molecule has 2 aromatic heterocycles. The average Bonchev–Trinajstić information content (AvgIpc) is 3.51. The van der Waals surface area contributed by atoms with Crippen LogP contribution in [0.4, 0.5) is 15.8 Å². The molecule has 0 bridgehead atoms. The normalized spacial score (nSPS) is 10.9. The summed E-state index contributed by atoms with van der Waals surface area (Å²) in [5.74, 6) is -0.435. The van der Waals surface area contributed by atoms with E-state index in [0.29, 0.717) is 28.2 Å². The second kappa shape index (κ2) is 8.71. The van der Waals surface area contributed by atoms with Crippen LogP contribution in [-0.2, 0) is 0 Å². The molecule has 5 aromatic rings. The van der Waals surface area contributed by atoms with Gasteiger partial charge in [0.25, 0.3) is 11.6 Å². The van der Waals surface area contributed by atoms with Gasteiger partial charge in [0.2, 0.25) is 0 Å². The summed E-state index contributed by atoms with van der Waals surface area (Å²) in [4.78, 5) is 25.0. The summed E-state index contributed by atoms with van der Waals surface area (Å²) in [6, 6.07) is 18.0. The minimum atomic E-state index is -0.547. The van der Waals surface area contributed by atoms with Crippen LogP contribution in [0.1, 0.15) is 10.6 Å². The van der Waals surface area contributed by atoms with Crippen molar-refractivity contribution in [3.05, 3.63) is 94.5 Å².